The van der Waals surface area contributed by atoms with Crippen molar-refractivity contribution >= 4 is 81.4 Å². The molecule has 0 aliphatic carbocycles. The Labute approximate surface area is 209 Å². The van der Waals surface area contributed by atoms with Crippen molar-refractivity contribution in [2.24, 2.45) is 0 Å². The SMILES string of the molecule is [B]c1c(-c2ccc3ncnn3c2)ccc2c1C([B])([B])NC([B])([B])C2([B])c1ccc(Cl)c(Cl)c1. The molecule has 0 saturated heterocycles. The molecule has 0 spiro atoms. The third-order valence-corrected chi connectivity index (χ3v) is 6.85. The van der Waals surface area contributed by atoms with Crippen molar-refractivity contribution in [1.29, 1.82) is 0 Å². The van der Waals surface area contributed by atoms with Gasteiger partial charge in [0.2, 0.25) is 0 Å². The molecule has 2 aromatic carbocycles. The van der Waals surface area contributed by atoms with Gasteiger partial charge >= 0.3 is 0 Å². The second-order valence-corrected chi connectivity index (χ2v) is 9.04. The van der Waals surface area contributed by atoms with Crippen LogP contribution in [0.2, 0.25) is 10.0 Å². The van der Waals surface area contributed by atoms with Crippen LogP contribution in [0.25, 0.3) is 16.8 Å². The van der Waals surface area contributed by atoms with Crippen LogP contribution in [-0.2, 0) is 10.7 Å². The normalized spacial score (nSPS) is 21.0. The third-order valence-electron chi connectivity index (χ3n) is 6.11. The van der Waals surface area contributed by atoms with E-state index in [4.69, 9.17) is 70.3 Å². The summed E-state index contributed by atoms with van der Waals surface area (Å²) in [5.74, 6) is 0. The topological polar surface area (TPSA) is 42.2 Å². The Morgan fingerprint density at radius 3 is 2.39 bits per heavy atom. The predicted molar refractivity (Wildman–Crippen MR) is 137 cm³/mol. The number of fused-ring (bicyclic) bond motifs is 2. The maximum Gasteiger partial charge on any atom is 0.155 e. The Balaban J connectivity index is 1.78. The average Bonchev–Trinajstić information content (AvgIpc) is 3.21. The zero-order valence-electron chi connectivity index (χ0n) is 17.3. The molecule has 1 atom stereocenters. The van der Waals surface area contributed by atoms with E-state index in [1.54, 1.807) is 35.0 Å². The maximum absolute atomic E-state index is 6.92. The average molecular weight is 454 g/mol. The second-order valence-electron chi connectivity index (χ2n) is 8.23. The molecule has 0 amide bonds. The van der Waals surface area contributed by atoms with Gasteiger partial charge in [0.15, 0.2) is 5.65 Å². The van der Waals surface area contributed by atoms with Crippen molar-refractivity contribution < 1.29 is 0 Å². The van der Waals surface area contributed by atoms with Crippen LogP contribution in [-0.4, -0.2) is 67.0 Å². The predicted octanol–water partition coefficient (Wildman–Crippen LogP) is 0.950. The monoisotopic (exact) mass is 454 g/mol. The summed E-state index contributed by atoms with van der Waals surface area (Å²) < 4.78 is 1.64. The zero-order chi connectivity index (χ0) is 23.8. The van der Waals surface area contributed by atoms with Crippen molar-refractivity contribution in [1.82, 2.24) is 19.9 Å². The van der Waals surface area contributed by atoms with Crippen molar-refractivity contribution in [3.8, 4) is 11.1 Å². The molecule has 0 fully saturated rings. The lowest BCUT2D eigenvalue weighted by molar-refractivity contribution is 0.421. The molecule has 1 N–H and O–H groups in total. The molecule has 0 bridgehead atoms. The highest BCUT2D eigenvalue weighted by atomic mass is 35.5. The number of hydrogen-bond donors (Lipinski definition) is 1. The van der Waals surface area contributed by atoms with Gasteiger partial charge in [-0.05, 0) is 62.7 Å². The molecule has 1 unspecified atom stereocenters. The molecule has 12 heteroatoms. The van der Waals surface area contributed by atoms with Crippen LogP contribution in [0, 0.1) is 0 Å². The molecule has 146 valence electrons. The lowest BCUT2D eigenvalue weighted by Crippen LogP contribution is -2.73. The van der Waals surface area contributed by atoms with E-state index in [1.165, 1.54) is 6.33 Å². The first-order chi connectivity index (χ1) is 15.5. The Hall–Kier alpha value is -2.01. The van der Waals surface area contributed by atoms with Crippen LogP contribution in [0.1, 0.15) is 16.7 Å². The van der Waals surface area contributed by atoms with Crippen molar-refractivity contribution in [3.05, 3.63) is 81.7 Å². The van der Waals surface area contributed by atoms with E-state index in [0.29, 0.717) is 43.4 Å². The van der Waals surface area contributed by atoms with Crippen molar-refractivity contribution in [2.75, 3.05) is 0 Å². The van der Waals surface area contributed by atoms with E-state index in [1.807, 2.05) is 18.2 Å². The number of benzene rings is 2. The minimum atomic E-state index is -1.77. The Kier molecular flexibility index (Phi) is 5.17. The first kappa shape index (κ1) is 22.8. The van der Waals surface area contributed by atoms with Gasteiger partial charge in [0.25, 0.3) is 0 Å². The summed E-state index contributed by atoms with van der Waals surface area (Å²) in [6.07, 6.45) is 3.27. The van der Waals surface area contributed by atoms with E-state index in [0.717, 1.165) is 5.56 Å². The maximum atomic E-state index is 6.92. The largest absolute Gasteiger partial charge is 0.335 e. The number of aromatic nitrogens is 3. The number of halogens is 2. The second kappa shape index (κ2) is 7.49. The van der Waals surface area contributed by atoms with Crippen LogP contribution < -0.4 is 10.8 Å². The summed E-state index contributed by atoms with van der Waals surface area (Å²) in [7, 11) is 39.4. The highest BCUT2D eigenvalue weighted by molar-refractivity contribution is 6.51. The highest BCUT2D eigenvalue weighted by Crippen LogP contribution is 2.46. The van der Waals surface area contributed by atoms with E-state index in [2.05, 4.69) is 15.4 Å². The van der Waals surface area contributed by atoms with Gasteiger partial charge in [-0.25, -0.2) is 9.50 Å². The smallest absolute Gasteiger partial charge is 0.155 e. The first-order valence-electron chi connectivity index (χ1n) is 9.88. The summed E-state index contributed by atoms with van der Waals surface area (Å²) in [6.45, 7) is 0. The molecular weight excluding hydrogens is 444 g/mol. The van der Waals surface area contributed by atoms with Crippen LogP contribution >= 0.6 is 23.2 Å². The molecule has 12 radical (unpaired) electrons. The molecule has 3 heterocycles. The Morgan fingerprint density at radius 2 is 1.67 bits per heavy atom. The van der Waals surface area contributed by atoms with Gasteiger partial charge in [0, 0.05) is 6.20 Å². The third kappa shape index (κ3) is 3.33. The minimum Gasteiger partial charge on any atom is -0.335 e. The van der Waals surface area contributed by atoms with E-state index in [-0.39, 0.29) is 0 Å². The highest BCUT2D eigenvalue weighted by Gasteiger charge is 2.50. The number of hydrogen-bond acceptors (Lipinski definition) is 3. The summed E-state index contributed by atoms with van der Waals surface area (Å²) in [6, 6.07) is 12.2. The molecule has 5 rings (SSSR count). The number of pyridine rings is 1. The van der Waals surface area contributed by atoms with Gasteiger partial charge in [-0.15, -0.1) is 0 Å². The molecule has 0 saturated carbocycles. The molecule has 1 aliphatic heterocycles. The molecule has 1 aliphatic rings. The standard InChI is InChI=1S/C21H10B6Cl2N4/c22-18-12(10-1-6-16-30-9-31-33(16)8-10)3-4-13-17(18)20(24,25)32-21(26,27)19(13,23)11-2-5-14(28)15(29)7-11/h1-9,32H. The quantitative estimate of drug-likeness (QED) is 0.459. The van der Waals surface area contributed by atoms with Gasteiger partial charge in [0.1, 0.15) is 14.2 Å². The Morgan fingerprint density at radius 1 is 0.909 bits per heavy atom. The fourth-order valence-electron chi connectivity index (χ4n) is 4.48. The van der Waals surface area contributed by atoms with Crippen LogP contribution in [0.15, 0.2) is 55.0 Å². The van der Waals surface area contributed by atoms with Crippen LogP contribution in [0.4, 0.5) is 0 Å². The van der Waals surface area contributed by atoms with Gasteiger partial charge in [-0.3, -0.25) is 0 Å². The Bertz CT molecular complexity index is 1420. The van der Waals surface area contributed by atoms with E-state index in [9.17, 15) is 0 Å². The van der Waals surface area contributed by atoms with Crippen molar-refractivity contribution in [3.63, 3.8) is 0 Å². The summed E-state index contributed by atoms with van der Waals surface area (Å²) in [4.78, 5) is 4.16. The number of rotatable bonds is 2. The molecule has 4 nitrogen and oxygen atoms in total. The lowest BCUT2D eigenvalue weighted by atomic mass is 9.32. The fourth-order valence-corrected chi connectivity index (χ4v) is 4.78. The molecule has 2 aromatic heterocycles. The van der Waals surface area contributed by atoms with Gasteiger partial charge < -0.3 is 5.32 Å². The number of nitrogens with one attached hydrogen (secondary N) is 1. The fraction of sp³-hybridized carbons (Fsp3) is 0.143. The summed E-state index contributed by atoms with van der Waals surface area (Å²) >= 11 is 12.4. The van der Waals surface area contributed by atoms with Gasteiger partial charge in [0.05, 0.1) is 49.3 Å². The summed E-state index contributed by atoms with van der Waals surface area (Å²) in [5.41, 5.74) is 3.78. The van der Waals surface area contributed by atoms with E-state index < -0.39 is 16.0 Å². The molecule has 4 aromatic rings. The van der Waals surface area contributed by atoms with Crippen LogP contribution in [0.3, 0.4) is 0 Å². The molecule has 33 heavy (non-hydrogen) atoms. The lowest BCUT2D eigenvalue weighted by Gasteiger charge is -2.59. The number of nitrogens with zero attached hydrogens (tertiary/aromatic N) is 3. The first-order valence-corrected chi connectivity index (χ1v) is 10.6. The van der Waals surface area contributed by atoms with E-state index >= 15 is 0 Å². The van der Waals surface area contributed by atoms with Gasteiger partial charge in [-0.1, -0.05) is 52.2 Å². The van der Waals surface area contributed by atoms with Gasteiger partial charge in [-0.2, -0.15) is 5.10 Å². The minimum absolute atomic E-state index is 0.291. The zero-order valence-corrected chi connectivity index (χ0v) is 18.8. The summed E-state index contributed by atoms with van der Waals surface area (Å²) in [5, 5.41) is 2.72. The van der Waals surface area contributed by atoms with Crippen molar-refractivity contribution in [2.45, 2.75) is 16.0 Å². The van der Waals surface area contributed by atoms with Crippen LogP contribution in [0.5, 0.6) is 0 Å². The molecular formula is C21H10B6Cl2N4.